The maximum atomic E-state index is 13.2. The first kappa shape index (κ1) is 22.6. The molecule has 0 amide bonds. The van der Waals surface area contributed by atoms with Crippen molar-refractivity contribution < 1.29 is 22.1 Å². The van der Waals surface area contributed by atoms with Gasteiger partial charge in [-0.25, -0.2) is 13.6 Å². The van der Waals surface area contributed by atoms with E-state index in [9.17, 15) is 22.6 Å². The molecule has 0 saturated carbocycles. The lowest BCUT2D eigenvalue weighted by Gasteiger charge is -2.19. The van der Waals surface area contributed by atoms with Crippen LogP contribution in [0.15, 0.2) is 54.7 Å². The van der Waals surface area contributed by atoms with Gasteiger partial charge in [0.1, 0.15) is 28.9 Å². The number of pyridine rings is 1. The van der Waals surface area contributed by atoms with E-state index in [-0.39, 0.29) is 22.2 Å². The molecule has 5 nitrogen and oxygen atoms in total. The SMILES string of the molecule is CC(Oc1cc(-c2ccnc(Cl)c2C#N)ccc1NS(=O)C(F)F)c1ccc(F)cc1. The standard InChI is InChI=1S/C21H15ClF3N3O2S/c1-12(13-2-5-15(23)6-3-13)30-19-10-14(4-7-18(19)28-31(29)21(24)25)16-8-9-27-20(22)17(16)11-26/h2-10,12,21,28H,1H3. The number of benzene rings is 2. The molecule has 0 spiro atoms. The van der Waals surface area contributed by atoms with Crippen molar-refractivity contribution in [1.82, 2.24) is 4.98 Å². The summed E-state index contributed by atoms with van der Waals surface area (Å²) in [5.41, 5.74) is 1.81. The second-order valence-electron chi connectivity index (χ2n) is 6.32. The molecule has 0 fully saturated rings. The number of hydrogen-bond acceptors (Lipinski definition) is 4. The van der Waals surface area contributed by atoms with Gasteiger partial charge in [-0.1, -0.05) is 29.8 Å². The highest BCUT2D eigenvalue weighted by Crippen LogP contribution is 2.36. The van der Waals surface area contributed by atoms with Crippen molar-refractivity contribution in [2.45, 2.75) is 18.8 Å². The minimum atomic E-state index is -3.11. The summed E-state index contributed by atoms with van der Waals surface area (Å²) in [5.74, 6) is -3.40. The summed E-state index contributed by atoms with van der Waals surface area (Å²) < 4.78 is 58.6. The van der Waals surface area contributed by atoms with Gasteiger partial charge in [-0.3, -0.25) is 4.72 Å². The van der Waals surface area contributed by atoms with Crippen LogP contribution in [0.5, 0.6) is 5.75 Å². The number of ether oxygens (including phenoxy) is 1. The molecule has 0 bridgehead atoms. The van der Waals surface area contributed by atoms with Crippen molar-refractivity contribution in [3.63, 3.8) is 0 Å². The summed E-state index contributed by atoms with van der Waals surface area (Å²) in [6, 6.07) is 13.6. The van der Waals surface area contributed by atoms with Crippen molar-refractivity contribution >= 4 is 28.3 Å². The molecule has 2 unspecified atom stereocenters. The Morgan fingerprint density at radius 2 is 1.90 bits per heavy atom. The Morgan fingerprint density at radius 3 is 2.55 bits per heavy atom. The van der Waals surface area contributed by atoms with Gasteiger partial charge in [-0.2, -0.15) is 14.0 Å². The van der Waals surface area contributed by atoms with Crippen molar-refractivity contribution in [3.8, 4) is 22.9 Å². The summed E-state index contributed by atoms with van der Waals surface area (Å²) in [4.78, 5) is 3.88. The van der Waals surface area contributed by atoms with E-state index in [0.29, 0.717) is 16.7 Å². The first-order valence-corrected chi connectivity index (χ1v) is 10.5. The number of nitrogens with zero attached hydrogens (tertiary/aromatic N) is 2. The number of aromatic nitrogens is 1. The van der Waals surface area contributed by atoms with Gasteiger partial charge in [0, 0.05) is 11.8 Å². The number of anilines is 1. The minimum absolute atomic E-state index is 0.0168. The zero-order chi connectivity index (χ0) is 22.5. The normalized spacial score (nSPS) is 12.8. The fraction of sp³-hybridized carbons (Fsp3) is 0.143. The van der Waals surface area contributed by atoms with Crippen LogP contribution in [0.4, 0.5) is 18.9 Å². The molecular weight excluding hydrogens is 451 g/mol. The largest absolute Gasteiger partial charge is 0.484 e. The van der Waals surface area contributed by atoms with Gasteiger partial charge in [0.2, 0.25) is 0 Å². The molecule has 160 valence electrons. The first-order chi connectivity index (χ1) is 14.8. The third kappa shape index (κ3) is 5.34. The quantitative estimate of drug-likeness (QED) is 0.444. The van der Waals surface area contributed by atoms with E-state index in [4.69, 9.17) is 16.3 Å². The number of hydrogen-bond donors (Lipinski definition) is 1. The van der Waals surface area contributed by atoms with Crippen molar-refractivity contribution in [3.05, 3.63) is 76.8 Å². The minimum Gasteiger partial charge on any atom is -0.484 e. The fourth-order valence-electron chi connectivity index (χ4n) is 2.80. The van der Waals surface area contributed by atoms with Crippen LogP contribution in [-0.4, -0.2) is 15.0 Å². The molecule has 10 heteroatoms. The molecule has 1 heterocycles. The topological polar surface area (TPSA) is 75.0 Å². The van der Waals surface area contributed by atoms with Crippen LogP contribution in [0.1, 0.15) is 24.2 Å². The van der Waals surface area contributed by atoms with Gasteiger partial charge in [0.15, 0.2) is 11.0 Å². The number of nitriles is 1. The van der Waals surface area contributed by atoms with Crippen LogP contribution in [0.25, 0.3) is 11.1 Å². The second kappa shape index (κ2) is 9.81. The highest BCUT2D eigenvalue weighted by molar-refractivity contribution is 7.86. The van der Waals surface area contributed by atoms with E-state index in [1.165, 1.54) is 42.6 Å². The average molecular weight is 466 g/mol. The Bertz CT molecular complexity index is 1150. The maximum absolute atomic E-state index is 13.2. The molecule has 0 aliphatic heterocycles. The lowest BCUT2D eigenvalue weighted by atomic mass is 10.0. The van der Waals surface area contributed by atoms with Crippen LogP contribution < -0.4 is 9.46 Å². The highest BCUT2D eigenvalue weighted by atomic mass is 35.5. The molecule has 2 aromatic carbocycles. The molecular formula is C21H15ClF3N3O2S. The fourth-order valence-corrected chi connectivity index (χ4v) is 3.47. The smallest absolute Gasteiger partial charge is 0.330 e. The zero-order valence-corrected chi connectivity index (χ0v) is 17.6. The van der Waals surface area contributed by atoms with E-state index < -0.39 is 28.7 Å². The summed E-state index contributed by atoms with van der Waals surface area (Å²) in [6.07, 6.45) is 0.839. The summed E-state index contributed by atoms with van der Waals surface area (Å²) in [6.45, 7) is 1.69. The van der Waals surface area contributed by atoms with Gasteiger partial charge in [-0.15, -0.1) is 0 Å². The highest BCUT2D eigenvalue weighted by Gasteiger charge is 2.19. The number of alkyl halides is 2. The number of nitrogens with one attached hydrogen (secondary N) is 1. The van der Waals surface area contributed by atoms with E-state index in [1.54, 1.807) is 19.1 Å². The van der Waals surface area contributed by atoms with Crippen LogP contribution in [0.3, 0.4) is 0 Å². The van der Waals surface area contributed by atoms with Crippen molar-refractivity contribution in [1.29, 1.82) is 5.26 Å². The third-order valence-electron chi connectivity index (χ3n) is 4.32. The number of rotatable bonds is 7. The molecule has 0 saturated heterocycles. The van der Waals surface area contributed by atoms with Crippen LogP contribution in [0, 0.1) is 17.1 Å². The second-order valence-corrected chi connectivity index (χ2v) is 7.83. The third-order valence-corrected chi connectivity index (χ3v) is 5.36. The van der Waals surface area contributed by atoms with E-state index in [2.05, 4.69) is 9.71 Å². The van der Waals surface area contributed by atoms with Gasteiger partial charge in [-0.05, 0) is 48.4 Å². The Morgan fingerprint density at radius 1 is 1.19 bits per heavy atom. The predicted octanol–water partition coefficient (Wildman–Crippen LogP) is 5.85. The van der Waals surface area contributed by atoms with E-state index in [0.717, 1.165) is 0 Å². The Balaban J connectivity index is 2.03. The van der Waals surface area contributed by atoms with E-state index >= 15 is 0 Å². The average Bonchev–Trinajstić information content (AvgIpc) is 2.75. The van der Waals surface area contributed by atoms with E-state index in [1.807, 2.05) is 6.07 Å². The molecule has 3 rings (SSSR count). The van der Waals surface area contributed by atoms with Crippen LogP contribution in [0.2, 0.25) is 5.15 Å². The molecule has 31 heavy (non-hydrogen) atoms. The molecule has 1 N–H and O–H groups in total. The van der Waals surface area contributed by atoms with Crippen LogP contribution in [-0.2, 0) is 11.0 Å². The Kier molecular flexibility index (Phi) is 7.15. The monoisotopic (exact) mass is 465 g/mol. The Hall–Kier alpha value is -3.09. The lowest BCUT2D eigenvalue weighted by molar-refractivity contribution is 0.228. The van der Waals surface area contributed by atoms with Crippen molar-refractivity contribution in [2.24, 2.45) is 0 Å². The molecule has 2 atom stereocenters. The summed E-state index contributed by atoms with van der Waals surface area (Å²) >= 11 is 6.00. The van der Waals surface area contributed by atoms with Gasteiger partial charge in [0.05, 0.1) is 11.3 Å². The van der Waals surface area contributed by atoms with Gasteiger partial charge >= 0.3 is 5.76 Å². The van der Waals surface area contributed by atoms with Crippen LogP contribution >= 0.6 is 11.6 Å². The van der Waals surface area contributed by atoms with Gasteiger partial charge in [0.25, 0.3) is 0 Å². The molecule has 3 aromatic rings. The van der Waals surface area contributed by atoms with Gasteiger partial charge < -0.3 is 4.74 Å². The molecule has 0 radical (unpaired) electrons. The zero-order valence-electron chi connectivity index (χ0n) is 16.0. The lowest BCUT2D eigenvalue weighted by Crippen LogP contribution is -2.14. The maximum Gasteiger partial charge on any atom is 0.330 e. The summed E-state index contributed by atoms with van der Waals surface area (Å²) in [7, 11) is -2.65. The Labute approximate surface area is 184 Å². The molecule has 0 aliphatic rings. The van der Waals surface area contributed by atoms with Crippen molar-refractivity contribution in [2.75, 3.05) is 4.72 Å². The summed E-state index contributed by atoms with van der Waals surface area (Å²) in [5, 5.41) is 9.43. The molecule has 1 aromatic heterocycles. The first-order valence-electron chi connectivity index (χ1n) is 8.86. The number of halogens is 4. The predicted molar refractivity (Wildman–Crippen MR) is 113 cm³/mol. The molecule has 0 aliphatic carbocycles.